The van der Waals surface area contributed by atoms with Crippen LogP contribution < -0.4 is 0 Å². The molecule has 1 atom stereocenters. The fourth-order valence-electron chi connectivity index (χ4n) is 5.18. The molecule has 1 N–H and O–H groups in total. The van der Waals surface area contributed by atoms with E-state index in [9.17, 15) is 36.2 Å². The van der Waals surface area contributed by atoms with E-state index in [1.807, 2.05) is 38.1 Å². The molecule has 1 aliphatic heterocycles. The van der Waals surface area contributed by atoms with Crippen LogP contribution in [0.5, 0.6) is 0 Å². The second kappa shape index (κ2) is 13.0. The monoisotopic (exact) mass is 609 g/mol. The molecule has 0 amide bonds. The summed E-state index contributed by atoms with van der Waals surface area (Å²) < 4.78 is 84.6. The van der Waals surface area contributed by atoms with Gasteiger partial charge in [0.2, 0.25) is 0 Å². The number of piperazine rings is 1. The van der Waals surface area contributed by atoms with Crippen LogP contribution in [0.15, 0.2) is 73.1 Å². The number of halogens is 6. The van der Waals surface area contributed by atoms with E-state index in [0.29, 0.717) is 42.9 Å². The van der Waals surface area contributed by atoms with Gasteiger partial charge in [0.05, 0.1) is 12.5 Å². The van der Waals surface area contributed by atoms with Gasteiger partial charge in [-0.15, -0.1) is 0 Å². The van der Waals surface area contributed by atoms with E-state index in [-0.39, 0.29) is 24.5 Å². The van der Waals surface area contributed by atoms with Crippen molar-refractivity contribution < 1.29 is 41.0 Å². The lowest BCUT2D eigenvalue weighted by molar-refractivity contribution is -0.376. The SMILES string of the molecule is CC(C)OC(=O)C[C@@H]1CN(Cc2ccc(-c3ccc(C(O)(C(F)(F)F)C(F)(F)F)cc3)cc2)CCN1Cc1ccncc1. The van der Waals surface area contributed by atoms with E-state index in [4.69, 9.17) is 4.74 Å². The molecule has 43 heavy (non-hydrogen) atoms. The van der Waals surface area contributed by atoms with Crippen LogP contribution in [0.25, 0.3) is 11.1 Å². The van der Waals surface area contributed by atoms with E-state index in [1.165, 1.54) is 0 Å². The molecular weight excluding hydrogens is 576 g/mol. The maximum absolute atomic E-state index is 13.2. The average Bonchev–Trinajstić information content (AvgIpc) is 2.93. The summed E-state index contributed by atoms with van der Waals surface area (Å²) in [5.41, 5.74) is -3.23. The van der Waals surface area contributed by atoms with Crippen molar-refractivity contribution in [1.82, 2.24) is 14.8 Å². The van der Waals surface area contributed by atoms with Gasteiger partial charge in [0, 0.05) is 56.7 Å². The summed E-state index contributed by atoms with van der Waals surface area (Å²) in [4.78, 5) is 21.1. The van der Waals surface area contributed by atoms with Crippen molar-refractivity contribution in [2.75, 3.05) is 19.6 Å². The van der Waals surface area contributed by atoms with E-state index in [1.54, 1.807) is 24.5 Å². The van der Waals surface area contributed by atoms with E-state index in [2.05, 4.69) is 14.8 Å². The van der Waals surface area contributed by atoms with E-state index in [0.717, 1.165) is 36.3 Å². The summed E-state index contributed by atoms with van der Waals surface area (Å²) in [6.07, 6.45) is -8.38. The highest BCUT2D eigenvalue weighted by atomic mass is 19.4. The Morgan fingerprint density at radius 1 is 0.860 bits per heavy atom. The number of hydrogen-bond donors (Lipinski definition) is 1. The molecular formula is C31H33F6N3O3. The zero-order valence-corrected chi connectivity index (χ0v) is 23.7. The number of carbonyl (C=O) groups is 1. The first kappa shape index (κ1) is 32.4. The average molecular weight is 610 g/mol. The van der Waals surface area contributed by atoms with Crippen molar-refractivity contribution in [2.45, 2.75) is 63.5 Å². The summed E-state index contributed by atoms with van der Waals surface area (Å²) in [7, 11) is 0. The van der Waals surface area contributed by atoms with Crippen molar-refractivity contribution in [2.24, 2.45) is 0 Å². The van der Waals surface area contributed by atoms with Gasteiger partial charge >= 0.3 is 18.3 Å². The minimum Gasteiger partial charge on any atom is -0.463 e. The Balaban J connectivity index is 1.44. The minimum atomic E-state index is -5.94. The highest BCUT2D eigenvalue weighted by Gasteiger charge is 2.71. The summed E-state index contributed by atoms with van der Waals surface area (Å²) in [5, 5.41) is 9.62. The number of esters is 1. The zero-order valence-electron chi connectivity index (χ0n) is 23.7. The molecule has 2 aromatic carbocycles. The van der Waals surface area contributed by atoms with Gasteiger partial charge in [-0.1, -0.05) is 48.5 Å². The van der Waals surface area contributed by atoms with Crippen molar-refractivity contribution in [3.8, 4) is 11.1 Å². The predicted molar refractivity (Wildman–Crippen MR) is 147 cm³/mol. The Morgan fingerprint density at radius 2 is 1.40 bits per heavy atom. The van der Waals surface area contributed by atoms with Crippen LogP contribution in [0, 0.1) is 0 Å². The molecule has 2 heterocycles. The summed E-state index contributed by atoms with van der Waals surface area (Å²) in [6.45, 7) is 6.99. The quantitative estimate of drug-likeness (QED) is 0.234. The molecule has 0 bridgehead atoms. The molecule has 1 saturated heterocycles. The predicted octanol–water partition coefficient (Wildman–Crippen LogP) is 6.09. The van der Waals surface area contributed by atoms with Gasteiger partial charge in [-0.25, -0.2) is 0 Å². The minimum absolute atomic E-state index is 0.0713. The maximum Gasteiger partial charge on any atom is 0.430 e. The summed E-state index contributed by atoms with van der Waals surface area (Å²) >= 11 is 0. The van der Waals surface area contributed by atoms with Crippen LogP contribution in [0.3, 0.4) is 0 Å². The molecule has 1 fully saturated rings. The van der Waals surface area contributed by atoms with Crippen molar-refractivity contribution in [3.63, 3.8) is 0 Å². The lowest BCUT2D eigenvalue weighted by Crippen LogP contribution is -2.53. The third-order valence-electron chi connectivity index (χ3n) is 7.41. The molecule has 232 valence electrons. The Kier molecular flexibility index (Phi) is 9.83. The van der Waals surface area contributed by atoms with Gasteiger partial charge in [-0.3, -0.25) is 19.6 Å². The number of pyridine rings is 1. The molecule has 1 aliphatic rings. The second-order valence-corrected chi connectivity index (χ2v) is 10.9. The van der Waals surface area contributed by atoms with Gasteiger partial charge in [0.25, 0.3) is 5.60 Å². The van der Waals surface area contributed by atoms with Crippen LogP contribution in [0.4, 0.5) is 26.3 Å². The Hall–Kier alpha value is -3.48. The molecule has 0 saturated carbocycles. The Morgan fingerprint density at radius 3 is 1.93 bits per heavy atom. The third-order valence-corrected chi connectivity index (χ3v) is 7.41. The van der Waals surface area contributed by atoms with Crippen LogP contribution >= 0.6 is 0 Å². The molecule has 0 spiro atoms. The van der Waals surface area contributed by atoms with E-state index >= 15 is 0 Å². The first-order valence-corrected chi connectivity index (χ1v) is 13.8. The number of nitrogens with zero attached hydrogens (tertiary/aromatic N) is 3. The largest absolute Gasteiger partial charge is 0.463 e. The molecule has 0 aliphatic carbocycles. The van der Waals surface area contributed by atoms with Gasteiger partial charge in [-0.2, -0.15) is 26.3 Å². The molecule has 0 radical (unpaired) electrons. The number of carbonyl (C=O) groups excluding carboxylic acids is 1. The number of aromatic nitrogens is 1. The highest BCUT2D eigenvalue weighted by Crippen LogP contribution is 2.50. The molecule has 3 aromatic rings. The third kappa shape index (κ3) is 7.73. The molecule has 6 nitrogen and oxygen atoms in total. The normalized spacial score (nSPS) is 17.3. The van der Waals surface area contributed by atoms with E-state index < -0.39 is 23.5 Å². The van der Waals surface area contributed by atoms with Crippen LogP contribution in [0.1, 0.15) is 37.0 Å². The number of ether oxygens (including phenoxy) is 1. The molecule has 0 unspecified atom stereocenters. The van der Waals surface area contributed by atoms with Crippen molar-refractivity contribution in [3.05, 3.63) is 89.7 Å². The molecule has 4 rings (SSSR count). The van der Waals surface area contributed by atoms with Gasteiger partial charge in [-0.05, 0) is 48.2 Å². The zero-order chi connectivity index (χ0) is 31.4. The number of rotatable bonds is 9. The van der Waals surface area contributed by atoms with Crippen LogP contribution in [-0.2, 0) is 28.2 Å². The fraction of sp³-hybridized carbons (Fsp3) is 0.419. The molecule has 1 aromatic heterocycles. The van der Waals surface area contributed by atoms with Crippen molar-refractivity contribution in [1.29, 1.82) is 0 Å². The first-order valence-electron chi connectivity index (χ1n) is 13.8. The Labute approximate surface area is 245 Å². The highest BCUT2D eigenvalue weighted by molar-refractivity contribution is 5.70. The smallest absolute Gasteiger partial charge is 0.430 e. The number of benzene rings is 2. The molecule has 12 heteroatoms. The van der Waals surface area contributed by atoms with Crippen molar-refractivity contribution >= 4 is 5.97 Å². The van der Waals surface area contributed by atoms with Crippen LogP contribution in [0.2, 0.25) is 0 Å². The lowest BCUT2D eigenvalue weighted by atomic mass is 9.90. The van der Waals surface area contributed by atoms with Gasteiger partial charge in [0.15, 0.2) is 0 Å². The lowest BCUT2D eigenvalue weighted by Gasteiger charge is -2.41. The number of hydrogen-bond acceptors (Lipinski definition) is 6. The van der Waals surface area contributed by atoms with Gasteiger partial charge in [0.1, 0.15) is 0 Å². The number of aliphatic hydroxyl groups is 1. The fourth-order valence-corrected chi connectivity index (χ4v) is 5.18. The summed E-state index contributed by atoms with van der Waals surface area (Å²) in [5.74, 6) is -0.263. The Bertz CT molecular complexity index is 1330. The topological polar surface area (TPSA) is 65.9 Å². The van der Waals surface area contributed by atoms with Crippen LogP contribution in [-0.4, -0.2) is 70.0 Å². The number of alkyl halides is 6. The second-order valence-electron chi connectivity index (χ2n) is 10.9. The first-order chi connectivity index (χ1) is 20.2. The van der Waals surface area contributed by atoms with Gasteiger partial charge < -0.3 is 9.84 Å². The maximum atomic E-state index is 13.2. The summed E-state index contributed by atoms with van der Waals surface area (Å²) in [6, 6.07) is 14.5. The standard InChI is InChI=1S/C31H33F6N3O3/c1-21(2)43-28(41)17-27-20-39(15-16-40(27)19-23-11-13-38-14-12-23)18-22-3-5-24(6-4-22)25-7-9-26(10-8-25)29(42,30(32,33)34)31(35,36)37/h3-14,21,27,42H,15-20H2,1-2H3/t27-/m1/s1.